The standard InChI is InChI=1S/C16H21BrClNO/c1-11-4-3-8-19(12(11)2)9-7-16(20)14-6-5-13(17)10-15(14)18/h5-6,10-12H,3-4,7-9H2,1-2H3. The van der Waals surface area contributed by atoms with Crippen LogP contribution in [0.2, 0.25) is 5.02 Å². The molecule has 1 fully saturated rings. The molecule has 0 aliphatic carbocycles. The number of hydrogen-bond acceptors (Lipinski definition) is 2. The van der Waals surface area contributed by atoms with Crippen LogP contribution in [0, 0.1) is 5.92 Å². The summed E-state index contributed by atoms with van der Waals surface area (Å²) in [6.45, 7) is 6.49. The number of carbonyl (C=O) groups excluding carboxylic acids is 1. The van der Waals surface area contributed by atoms with E-state index in [2.05, 4.69) is 34.7 Å². The van der Waals surface area contributed by atoms with Crippen LogP contribution in [0.15, 0.2) is 22.7 Å². The summed E-state index contributed by atoms with van der Waals surface area (Å²) in [7, 11) is 0. The molecule has 1 heterocycles. The molecule has 0 spiro atoms. The lowest BCUT2D eigenvalue weighted by molar-refractivity contribution is 0.0878. The molecule has 2 atom stereocenters. The van der Waals surface area contributed by atoms with Gasteiger partial charge in [-0.2, -0.15) is 0 Å². The highest BCUT2D eigenvalue weighted by atomic mass is 79.9. The minimum Gasteiger partial charge on any atom is -0.300 e. The summed E-state index contributed by atoms with van der Waals surface area (Å²) >= 11 is 9.49. The maximum atomic E-state index is 12.3. The Kier molecular flexibility index (Phi) is 5.65. The lowest BCUT2D eigenvalue weighted by Gasteiger charge is -2.37. The molecular weight excluding hydrogens is 338 g/mol. The minimum absolute atomic E-state index is 0.132. The van der Waals surface area contributed by atoms with E-state index >= 15 is 0 Å². The van der Waals surface area contributed by atoms with Crippen molar-refractivity contribution in [2.45, 2.75) is 39.2 Å². The first kappa shape index (κ1) is 16.0. The van der Waals surface area contributed by atoms with Crippen LogP contribution in [0.4, 0.5) is 0 Å². The zero-order valence-corrected chi connectivity index (χ0v) is 14.4. The first-order valence-corrected chi connectivity index (χ1v) is 8.38. The zero-order valence-electron chi connectivity index (χ0n) is 12.0. The average Bonchev–Trinajstić information content (AvgIpc) is 2.40. The van der Waals surface area contributed by atoms with Crippen molar-refractivity contribution in [3.05, 3.63) is 33.3 Å². The molecule has 0 radical (unpaired) electrons. The summed E-state index contributed by atoms with van der Waals surface area (Å²) in [4.78, 5) is 14.7. The number of piperidine rings is 1. The highest BCUT2D eigenvalue weighted by Crippen LogP contribution is 2.25. The number of Topliss-reactive ketones (excluding diaryl/α,β-unsaturated/α-hetero) is 1. The fourth-order valence-electron chi connectivity index (χ4n) is 2.83. The Labute approximate surface area is 134 Å². The number of hydrogen-bond donors (Lipinski definition) is 0. The lowest BCUT2D eigenvalue weighted by Crippen LogP contribution is -2.43. The molecule has 0 saturated carbocycles. The Morgan fingerprint density at radius 2 is 2.20 bits per heavy atom. The molecule has 20 heavy (non-hydrogen) atoms. The van der Waals surface area contributed by atoms with Crippen molar-refractivity contribution in [3.8, 4) is 0 Å². The number of benzene rings is 1. The molecule has 0 aromatic heterocycles. The topological polar surface area (TPSA) is 20.3 Å². The van der Waals surface area contributed by atoms with Crippen LogP contribution in [0.25, 0.3) is 0 Å². The van der Waals surface area contributed by atoms with Gasteiger partial charge in [0.05, 0.1) is 5.02 Å². The van der Waals surface area contributed by atoms with E-state index in [1.165, 1.54) is 12.8 Å². The van der Waals surface area contributed by atoms with Gasteiger partial charge in [0.2, 0.25) is 0 Å². The molecule has 0 amide bonds. The van der Waals surface area contributed by atoms with Crippen molar-refractivity contribution in [3.63, 3.8) is 0 Å². The van der Waals surface area contributed by atoms with Crippen molar-refractivity contribution in [1.29, 1.82) is 0 Å². The summed E-state index contributed by atoms with van der Waals surface area (Å²) in [6.07, 6.45) is 3.07. The Bertz CT molecular complexity index is 491. The highest BCUT2D eigenvalue weighted by molar-refractivity contribution is 9.10. The average molecular weight is 359 g/mol. The molecule has 2 unspecified atom stereocenters. The number of halogens is 2. The molecule has 2 nitrogen and oxygen atoms in total. The number of ketones is 1. The first-order valence-electron chi connectivity index (χ1n) is 7.21. The van der Waals surface area contributed by atoms with Gasteiger partial charge < -0.3 is 0 Å². The second-order valence-corrected chi connectivity index (χ2v) is 7.02. The molecule has 4 heteroatoms. The van der Waals surface area contributed by atoms with Gasteiger partial charge >= 0.3 is 0 Å². The number of nitrogens with zero attached hydrogens (tertiary/aromatic N) is 1. The lowest BCUT2D eigenvalue weighted by atomic mass is 9.92. The van der Waals surface area contributed by atoms with Gasteiger partial charge in [0, 0.05) is 29.0 Å². The van der Waals surface area contributed by atoms with E-state index in [1.54, 1.807) is 12.1 Å². The van der Waals surface area contributed by atoms with Crippen molar-refractivity contribution >= 4 is 33.3 Å². The second-order valence-electron chi connectivity index (χ2n) is 5.69. The Hall–Kier alpha value is -0.380. The molecule has 0 bridgehead atoms. The summed E-state index contributed by atoms with van der Waals surface area (Å²) in [5, 5.41) is 0.532. The summed E-state index contributed by atoms with van der Waals surface area (Å²) in [5.41, 5.74) is 0.632. The molecule has 1 aromatic carbocycles. The van der Waals surface area contributed by atoms with Crippen LogP contribution < -0.4 is 0 Å². The molecule has 110 valence electrons. The predicted octanol–water partition coefficient (Wildman–Crippen LogP) is 4.80. The van der Waals surface area contributed by atoms with E-state index < -0.39 is 0 Å². The SMILES string of the molecule is CC1CCCN(CCC(=O)c2ccc(Br)cc2Cl)C1C. The fraction of sp³-hybridized carbons (Fsp3) is 0.562. The van der Waals surface area contributed by atoms with Crippen molar-refractivity contribution in [2.75, 3.05) is 13.1 Å². The Balaban J connectivity index is 1.95. The van der Waals surface area contributed by atoms with Gasteiger partial charge in [-0.1, -0.05) is 34.5 Å². The van der Waals surface area contributed by atoms with Gasteiger partial charge in [-0.15, -0.1) is 0 Å². The van der Waals surface area contributed by atoms with Gasteiger partial charge in [-0.25, -0.2) is 0 Å². The van der Waals surface area contributed by atoms with Gasteiger partial charge in [-0.05, 0) is 50.4 Å². The maximum absolute atomic E-state index is 12.3. The van der Waals surface area contributed by atoms with E-state index in [1.807, 2.05) is 6.07 Å². The van der Waals surface area contributed by atoms with Gasteiger partial charge in [-0.3, -0.25) is 9.69 Å². The third-order valence-corrected chi connectivity index (χ3v) is 5.17. The Morgan fingerprint density at radius 1 is 1.45 bits per heavy atom. The van der Waals surface area contributed by atoms with E-state index in [0.29, 0.717) is 23.0 Å². The van der Waals surface area contributed by atoms with E-state index in [4.69, 9.17) is 11.6 Å². The van der Waals surface area contributed by atoms with Crippen LogP contribution in [-0.4, -0.2) is 29.8 Å². The Morgan fingerprint density at radius 3 is 2.90 bits per heavy atom. The molecule has 1 aliphatic heterocycles. The fourth-order valence-corrected chi connectivity index (χ4v) is 3.61. The number of rotatable bonds is 4. The predicted molar refractivity (Wildman–Crippen MR) is 87.5 cm³/mol. The molecular formula is C16H21BrClNO. The minimum atomic E-state index is 0.132. The van der Waals surface area contributed by atoms with Crippen LogP contribution in [0.5, 0.6) is 0 Å². The highest BCUT2D eigenvalue weighted by Gasteiger charge is 2.25. The summed E-state index contributed by atoms with van der Waals surface area (Å²) < 4.78 is 0.900. The van der Waals surface area contributed by atoms with Crippen molar-refractivity contribution in [1.82, 2.24) is 4.90 Å². The van der Waals surface area contributed by atoms with E-state index in [-0.39, 0.29) is 5.78 Å². The third-order valence-electron chi connectivity index (χ3n) is 4.36. The first-order chi connectivity index (χ1) is 9.49. The normalized spacial score (nSPS) is 23.8. The summed E-state index contributed by atoms with van der Waals surface area (Å²) in [5.74, 6) is 0.850. The van der Waals surface area contributed by atoms with E-state index in [9.17, 15) is 4.79 Å². The monoisotopic (exact) mass is 357 g/mol. The molecule has 2 rings (SSSR count). The van der Waals surface area contributed by atoms with Gasteiger partial charge in [0.15, 0.2) is 5.78 Å². The molecule has 1 aliphatic rings. The smallest absolute Gasteiger partial charge is 0.165 e. The van der Waals surface area contributed by atoms with Gasteiger partial charge in [0.25, 0.3) is 0 Å². The van der Waals surface area contributed by atoms with Crippen LogP contribution in [0.3, 0.4) is 0 Å². The quantitative estimate of drug-likeness (QED) is 0.721. The van der Waals surface area contributed by atoms with Gasteiger partial charge in [0.1, 0.15) is 0 Å². The van der Waals surface area contributed by atoms with Crippen molar-refractivity contribution < 1.29 is 4.79 Å². The van der Waals surface area contributed by atoms with E-state index in [0.717, 1.165) is 23.5 Å². The number of carbonyl (C=O) groups is 1. The van der Waals surface area contributed by atoms with Crippen LogP contribution >= 0.6 is 27.5 Å². The third kappa shape index (κ3) is 3.84. The maximum Gasteiger partial charge on any atom is 0.165 e. The molecule has 0 N–H and O–H groups in total. The second kappa shape index (κ2) is 7.06. The number of likely N-dealkylation sites (tertiary alicyclic amines) is 1. The summed E-state index contributed by atoms with van der Waals surface area (Å²) in [6, 6.07) is 6.01. The zero-order chi connectivity index (χ0) is 14.7. The molecule has 1 aromatic rings. The van der Waals surface area contributed by atoms with Crippen LogP contribution in [-0.2, 0) is 0 Å². The van der Waals surface area contributed by atoms with Crippen molar-refractivity contribution in [2.24, 2.45) is 5.92 Å². The van der Waals surface area contributed by atoms with Crippen LogP contribution in [0.1, 0.15) is 43.5 Å². The molecule has 1 saturated heterocycles. The largest absolute Gasteiger partial charge is 0.300 e.